The zero-order valence-electron chi connectivity index (χ0n) is 14.4. The molecule has 0 unspecified atom stereocenters. The Morgan fingerprint density at radius 2 is 1.90 bits per heavy atom. The molecule has 2 rings (SSSR count). The van der Waals surface area contributed by atoms with Crippen molar-refractivity contribution in [2.45, 2.75) is 51.9 Å². The third kappa shape index (κ3) is 5.35. The van der Waals surface area contributed by atoms with Gasteiger partial charge in [0, 0.05) is 0 Å². The van der Waals surface area contributed by atoms with Crippen molar-refractivity contribution in [2.75, 3.05) is 27.2 Å². The Kier molecular flexibility index (Phi) is 5.32. The van der Waals surface area contributed by atoms with Gasteiger partial charge in [-0.1, -0.05) is 32.9 Å². The first-order valence-electron chi connectivity index (χ1n) is 8.27. The molecule has 1 aromatic carbocycles. The lowest BCUT2D eigenvalue weighted by atomic mass is 9.85. The maximum absolute atomic E-state index is 6.08. The van der Waals surface area contributed by atoms with Crippen LogP contribution in [0.25, 0.3) is 0 Å². The second kappa shape index (κ2) is 6.83. The van der Waals surface area contributed by atoms with Crippen LogP contribution in [0, 0.1) is 5.92 Å². The number of aryl methyl sites for hydroxylation is 1. The zero-order chi connectivity index (χ0) is 15.5. The number of nitrogens with zero attached hydrogens (tertiary/aromatic N) is 1. The fraction of sp³-hybridized carbons (Fsp3) is 0.684. The van der Waals surface area contributed by atoms with Crippen LogP contribution < -0.4 is 4.74 Å². The van der Waals surface area contributed by atoms with Crippen LogP contribution in [0.5, 0.6) is 5.75 Å². The van der Waals surface area contributed by atoms with E-state index in [2.05, 4.69) is 58.0 Å². The minimum absolute atomic E-state index is 0.135. The van der Waals surface area contributed by atoms with Crippen LogP contribution in [0.1, 0.15) is 51.2 Å². The van der Waals surface area contributed by atoms with Crippen molar-refractivity contribution in [3.63, 3.8) is 0 Å². The van der Waals surface area contributed by atoms with Crippen LogP contribution in [0.2, 0.25) is 0 Å². The summed E-state index contributed by atoms with van der Waals surface area (Å²) in [5.74, 6) is 1.89. The molecule has 2 nitrogen and oxygen atoms in total. The lowest BCUT2D eigenvalue weighted by Gasteiger charge is -2.24. The highest BCUT2D eigenvalue weighted by atomic mass is 16.5. The van der Waals surface area contributed by atoms with E-state index in [0.717, 1.165) is 31.2 Å². The van der Waals surface area contributed by atoms with E-state index in [9.17, 15) is 0 Å². The van der Waals surface area contributed by atoms with Gasteiger partial charge in [0.05, 0.1) is 6.61 Å². The van der Waals surface area contributed by atoms with E-state index < -0.39 is 0 Å². The molecule has 0 spiro atoms. The van der Waals surface area contributed by atoms with E-state index in [1.165, 1.54) is 30.4 Å². The Morgan fingerprint density at radius 3 is 2.48 bits per heavy atom. The fourth-order valence-electron chi connectivity index (χ4n) is 2.54. The summed E-state index contributed by atoms with van der Waals surface area (Å²) in [6, 6.07) is 6.79. The lowest BCUT2D eigenvalue weighted by Crippen LogP contribution is -2.16. The molecule has 118 valence electrons. The smallest absolute Gasteiger partial charge is 0.123 e. The number of ether oxygens (including phenoxy) is 1. The molecule has 1 aromatic rings. The van der Waals surface area contributed by atoms with Gasteiger partial charge < -0.3 is 9.64 Å². The minimum Gasteiger partial charge on any atom is -0.493 e. The highest BCUT2D eigenvalue weighted by Gasteiger charge is 2.24. The predicted octanol–water partition coefficient (Wildman–Crippen LogP) is 4.27. The third-order valence-electron chi connectivity index (χ3n) is 4.09. The Morgan fingerprint density at radius 1 is 1.19 bits per heavy atom. The van der Waals surface area contributed by atoms with Crippen molar-refractivity contribution in [3.8, 4) is 5.75 Å². The van der Waals surface area contributed by atoms with Gasteiger partial charge in [-0.3, -0.25) is 0 Å². The summed E-state index contributed by atoms with van der Waals surface area (Å²) in [5, 5.41) is 0. The first-order valence-corrected chi connectivity index (χ1v) is 8.27. The van der Waals surface area contributed by atoms with Crippen LogP contribution in [0.15, 0.2) is 18.2 Å². The first kappa shape index (κ1) is 16.4. The molecule has 0 aromatic heterocycles. The van der Waals surface area contributed by atoms with E-state index in [1.807, 2.05) is 0 Å². The summed E-state index contributed by atoms with van der Waals surface area (Å²) >= 11 is 0. The van der Waals surface area contributed by atoms with E-state index in [1.54, 1.807) is 0 Å². The van der Waals surface area contributed by atoms with Gasteiger partial charge in [-0.25, -0.2) is 0 Å². The normalized spacial score (nSPS) is 15.5. The second-order valence-electron chi connectivity index (χ2n) is 7.74. The summed E-state index contributed by atoms with van der Waals surface area (Å²) in [4.78, 5) is 2.25. The SMILES string of the molecule is CN(C)CCCc1ccc(OCC2CC2)c(C(C)(C)C)c1. The number of hydrogen-bond acceptors (Lipinski definition) is 2. The molecule has 1 aliphatic carbocycles. The number of rotatable bonds is 7. The Bertz CT molecular complexity index is 455. The maximum Gasteiger partial charge on any atom is 0.123 e. The Hall–Kier alpha value is -1.02. The van der Waals surface area contributed by atoms with Gasteiger partial charge in [-0.2, -0.15) is 0 Å². The largest absolute Gasteiger partial charge is 0.493 e. The van der Waals surface area contributed by atoms with Crippen molar-refractivity contribution < 1.29 is 4.74 Å². The molecule has 0 amide bonds. The van der Waals surface area contributed by atoms with Gasteiger partial charge in [-0.05, 0) is 74.8 Å². The van der Waals surface area contributed by atoms with Gasteiger partial charge in [-0.15, -0.1) is 0 Å². The summed E-state index contributed by atoms with van der Waals surface area (Å²) in [5.41, 5.74) is 2.92. The van der Waals surface area contributed by atoms with Crippen molar-refractivity contribution in [1.29, 1.82) is 0 Å². The van der Waals surface area contributed by atoms with Crippen LogP contribution in [0.3, 0.4) is 0 Å². The van der Waals surface area contributed by atoms with Gasteiger partial charge >= 0.3 is 0 Å². The highest BCUT2D eigenvalue weighted by molar-refractivity contribution is 5.41. The van der Waals surface area contributed by atoms with Crippen LogP contribution in [-0.4, -0.2) is 32.1 Å². The van der Waals surface area contributed by atoms with E-state index >= 15 is 0 Å². The van der Waals surface area contributed by atoms with Gasteiger partial charge in [0.2, 0.25) is 0 Å². The number of benzene rings is 1. The van der Waals surface area contributed by atoms with E-state index in [4.69, 9.17) is 4.74 Å². The summed E-state index contributed by atoms with van der Waals surface area (Å²) in [6.07, 6.45) is 5.03. The topological polar surface area (TPSA) is 12.5 Å². The summed E-state index contributed by atoms with van der Waals surface area (Å²) in [6.45, 7) is 8.86. The quantitative estimate of drug-likeness (QED) is 0.743. The molecule has 1 fully saturated rings. The van der Waals surface area contributed by atoms with Gasteiger partial charge in [0.1, 0.15) is 5.75 Å². The van der Waals surface area contributed by atoms with Crippen LogP contribution in [-0.2, 0) is 11.8 Å². The molecule has 1 saturated carbocycles. The van der Waals surface area contributed by atoms with Crippen molar-refractivity contribution >= 4 is 0 Å². The van der Waals surface area contributed by atoms with Crippen molar-refractivity contribution in [3.05, 3.63) is 29.3 Å². The Labute approximate surface area is 130 Å². The lowest BCUT2D eigenvalue weighted by molar-refractivity contribution is 0.292. The number of hydrogen-bond donors (Lipinski definition) is 0. The monoisotopic (exact) mass is 289 g/mol. The molecule has 1 aliphatic rings. The average Bonchev–Trinajstić information content (AvgIpc) is 3.19. The standard InChI is InChI=1S/C19H31NO/c1-19(2,3)17-13-15(7-6-12-20(4)5)10-11-18(17)21-14-16-8-9-16/h10-11,13,16H,6-9,12,14H2,1-5H3. The summed E-state index contributed by atoms with van der Waals surface area (Å²) in [7, 11) is 4.27. The fourth-order valence-corrected chi connectivity index (χ4v) is 2.54. The maximum atomic E-state index is 6.08. The molecule has 21 heavy (non-hydrogen) atoms. The third-order valence-corrected chi connectivity index (χ3v) is 4.09. The average molecular weight is 289 g/mol. The molecular weight excluding hydrogens is 258 g/mol. The van der Waals surface area contributed by atoms with E-state index in [-0.39, 0.29) is 5.41 Å². The molecule has 0 saturated heterocycles. The van der Waals surface area contributed by atoms with E-state index in [0.29, 0.717) is 0 Å². The van der Waals surface area contributed by atoms with Crippen LogP contribution in [0.4, 0.5) is 0 Å². The zero-order valence-corrected chi connectivity index (χ0v) is 14.4. The molecule has 2 heteroatoms. The highest BCUT2D eigenvalue weighted by Crippen LogP contribution is 2.35. The molecule has 0 atom stereocenters. The second-order valence-corrected chi connectivity index (χ2v) is 7.74. The molecule has 0 bridgehead atoms. The Balaban J connectivity index is 2.06. The van der Waals surface area contributed by atoms with Crippen molar-refractivity contribution in [2.24, 2.45) is 5.92 Å². The molecular formula is C19H31NO. The molecule has 0 aliphatic heterocycles. The molecule has 0 heterocycles. The predicted molar refractivity (Wildman–Crippen MR) is 90.2 cm³/mol. The molecule has 0 radical (unpaired) electrons. The molecule has 0 N–H and O–H groups in total. The minimum atomic E-state index is 0.135. The van der Waals surface area contributed by atoms with Gasteiger partial charge in [0.25, 0.3) is 0 Å². The van der Waals surface area contributed by atoms with Gasteiger partial charge in [0.15, 0.2) is 0 Å². The first-order chi connectivity index (χ1) is 9.86. The van der Waals surface area contributed by atoms with Crippen molar-refractivity contribution in [1.82, 2.24) is 4.90 Å². The summed E-state index contributed by atoms with van der Waals surface area (Å²) < 4.78 is 6.08. The van der Waals surface area contributed by atoms with Crippen LogP contribution >= 0.6 is 0 Å².